The Balaban J connectivity index is 0.00000361. The maximum Gasteiger partial charge on any atom is 0.344 e. The highest BCUT2D eigenvalue weighted by Gasteiger charge is 2.27. The van der Waals surface area contributed by atoms with Crippen LogP contribution in [-0.4, -0.2) is 23.9 Å². The van der Waals surface area contributed by atoms with Gasteiger partial charge in [-0.3, -0.25) is 4.57 Å². The Kier molecular flexibility index (Phi) is 10.2. The molecule has 0 amide bonds. The minimum atomic E-state index is -3.65. The number of benzene rings is 1. The Hall–Kier alpha value is -0.390. The number of hydrogen-bond acceptors (Lipinski definition) is 4. The van der Waals surface area contributed by atoms with Crippen LogP contribution in [0.4, 0.5) is 0 Å². The molecule has 0 aromatic heterocycles. The van der Waals surface area contributed by atoms with Crippen molar-refractivity contribution in [3.8, 4) is 5.75 Å². The SMILES string of the molecule is Br.CCOP(=O)(O)C(N)CCCCOc1ccccc1. The van der Waals surface area contributed by atoms with Gasteiger partial charge in [-0.2, -0.15) is 0 Å². The Bertz CT molecular complexity index is 405. The standard InChI is InChI=1S/C13H22NO4P.BrH/c1-2-18-19(15,16)13(14)10-6-7-11-17-12-8-4-3-5-9-12;/h3-5,8-9,13H,2,6-7,10-11,14H2,1H3,(H,15,16);1H. The van der Waals surface area contributed by atoms with Gasteiger partial charge in [-0.15, -0.1) is 17.0 Å². The number of halogens is 1. The van der Waals surface area contributed by atoms with Crippen LogP contribution in [0.2, 0.25) is 0 Å². The molecule has 1 aromatic carbocycles. The number of nitrogens with two attached hydrogens (primary N) is 1. The average molecular weight is 368 g/mol. The Morgan fingerprint density at radius 3 is 2.55 bits per heavy atom. The van der Waals surface area contributed by atoms with Crippen molar-refractivity contribution in [2.75, 3.05) is 13.2 Å². The van der Waals surface area contributed by atoms with E-state index in [1.54, 1.807) is 6.92 Å². The third kappa shape index (κ3) is 7.41. The summed E-state index contributed by atoms with van der Waals surface area (Å²) in [5.41, 5.74) is 5.65. The number of rotatable bonds is 9. The second-order valence-corrected chi connectivity index (χ2v) is 6.26. The minimum absolute atomic E-state index is 0. The number of ether oxygens (including phenoxy) is 1. The van der Waals surface area contributed by atoms with Crippen LogP contribution in [0.15, 0.2) is 30.3 Å². The molecular formula is C13H23BrNO4P. The largest absolute Gasteiger partial charge is 0.494 e. The monoisotopic (exact) mass is 367 g/mol. The van der Waals surface area contributed by atoms with Crippen molar-refractivity contribution in [1.82, 2.24) is 0 Å². The van der Waals surface area contributed by atoms with Gasteiger partial charge in [-0.25, -0.2) is 0 Å². The van der Waals surface area contributed by atoms with Crippen molar-refractivity contribution >= 4 is 24.6 Å². The lowest BCUT2D eigenvalue weighted by Gasteiger charge is -2.18. The molecule has 7 heteroatoms. The van der Waals surface area contributed by atoms with Crippen LogP contribution in [0, 0.1) is 0 Å². The molecule has 1 aromatic rings. The zero-order valence-corrected chi connectivity index (χ0v) is 14.2. The van der Waals surface area contributed by atoms with Gasteiger partial charge in [0.2, 0.25) is 0 Å². The van der Waals surface area contributed by atoms with E-state index in [1.165, 1.54) is 0 Å². The zero-order chi connectivity index (χ0) is 14.1. The molecule has 2 atom stereocenters. The molecule has 2 unspecified atom stereocenters. The van der Waals surface area contributed by atoms with Crippen LogP contribution in [-0.2, 0) is 9.09 Å². The first-order valence-electron chi connectivity index (χ1n) is 6.46. The summed E-state index contributed by atoms with van der Waals surface area (Å²) in [5, 5.41) is 0. The molecular weight excluding hydrogens is 345 g/mol. The molecule has 0 saturated carbocycles. The van der Waals surface area contributed by atoms with E-state index < -0.39 is 13.4 Å². The highest BCUT2D eigenvalue weighted by Crippen LogP contribution is 2.46. The van der Waals surface area contributed by atoms with Crippen LogP contribution in [0.5, 0.6) is 5.75 Å². The van der Waals surface area contributed by atoms with E-state index in [0.717, 1.165) is 18.6 Å². The summed E-state index contributed by atoms with van der Waals surface area (Å²) in [4.78, 5) is 9.49. The van der Waals surface area contributed by atoms with Crippen LogP contribution in [0.1, 0.15) is 26.2 Å². The van der Waals surface area contributed by atoms with Gasteiger partial charge in [-0.05, 0) is 38.3 Å². The average Bonchev–Trinajstić information content (AvgIpc) is 2.39. The van der Waals surface area contributed by atoms with E-state index in [1.807, 2.05) is 30.3 Å². The van der Waals surface area contributed by atoms with Gasteiger partial charge in [0, 0.05) is 0 Å². The molecule has 3 N–H and O–H groups in total. The maximum absolute atomic E-state index is 11.6. The van der Waals surface area contributed by atoms with Gasteiger partial charge >= 0.3 is 7.60 Å². The molecule has 0 saturated heterocycles. The summed E-state index contributed by atoms with van der Waals surface area (Å²) in [6.45, 7) is 2.43. The quantitative estimate of drug-likeness (QED) is 0.516. The van der Waals surface area contributed by atoms with E-state index in [-0.39, 0.29) is 23.6 Å². The van der Waals surface area contributed by atoms with Crippen molar-refractivity contribution in [3.05, 3.63) is 30.3 Å². The summed E-state index contributed by atoms with van der Waals surface area (Å²) in [6, 6.07) is 9.54. The summed E-state index contributed by atoms with van der Waals surface area (Å²) >= 11 is 0. The van der Waals surface area contributed by atoms with Gasteiger partial charge in [0.1, 0.15) is 11.5 Å². The second-order valence-electron chi connectivity index (χ2n) is 4.21. The van der Waals surface area contributed by atoms with Crippen LogP contribution >= 0.6 is 24.6 Å². The molecule has 0 spiro atoms. The molecule has 0 fully saturated rings. The second kappa shape index (κ2) is 10.4. The lowest BCUT2D eigenvalue weighted by Crippen LogP contribution is -2.21. The molecule has 0 aliphatic carbocycles. The topological polar surface area (TPSA) is 81.8 Å². The van der Waals surface area contributed by atoms with Crippen molar-refractivity contribution in [2.24, 2.45) is 5.73 Å². The molecule has 0 radical (unpaired) electrons. The fourth-order valence-corrected chi connectivity index (χ4v) is 2.68. The smallest absolute Gasteiger partial charge is 0.344 e. The fourth-order valence-electron chi connectivity index (χ4n) is 1.61. The molecule has 20 heavy (non-hydrogen) atoms. The van der Waals surface area contributed by atoms with Gasteiger partial charge in [0.05, 0.1) is 13.2 Å². The number of para-hydroxylation sites is 1. The molecule has 1 rings (SSSR count). The highest BCUT2D eigenvalue weighted by molar-refractivity contribution is 8.93. The van der Waals surface area contributed by atoms with Crippen LogP contribution in [0.25, 0.3) is 0 Å². The van der Waals surface area contributed by atoms with E-state index in [0.29, 0.717) is 13.0 Å². The summed E-state index contributed by atoms with van der Waals surface area (Å²) in [5.74, 6) is 0.0121. The Labute approximate surface area is 130 Å². The van der Waals surface area contributed by atoms with Gasteiger partial charge in [-0.1, -0.05) is 18.2 Å². The lowest BCUT2D eigenvalue weighted by molar-refractivity contribution is 0.260. The van der Waals surface area contributed by atoms with Crippen LogP contribution < -0.4 is 10.5 Å². The predicted molar refractivity (Wildman–Crippen MR) is 85.5 cm³/mol. The summed E-state index contributed by atoms with van der Waals surface area (Å²) in [7, 11) is -3.65. The minimum Gasteiger partial charge on any atom is -0.494 e. The molecule has 0 heterocycles. The van der Waals surface area contributed by atoms with E-state index in [4.69, 9.17) is 15.0 Å². The van der Waals surface area contributed by atoms with Crippen LogP contribution in [0.3, 0.4) is 0 Å². The highest BCUT2D eigenvalue weighted by atomic mass is 79.9. The van der Waals surface area contributed by atoms with Crippen molar-refractivity contribution in [2.45, 2.75) is 32.0 Å². The molecule has 5 nitrogen and oxygen atoms in total. The first-order valence-corrected chi connectivity index (χ1v) is 8.11. The zero-order valence-electron chi connectivity index (χ0n) is 11.6. The van der Waals surface area contributed by atoms with Gasteiger partial charge in [0.25, 0.3) is 0 Å². The molecule has 0 bridgehead atoms. The maximum atomic E-state index is 11.6. The van der Waals surface area contributed by atoms with Crippen molar-refractivity contribution in [1.29, 1.82) is 0 Å². The van der Waals surface area contributed by atoms with E-state index in [9.17, 15) is 9.46 Å². The normalized spacial score (nSPS) is 14.9. The third-order valence-corrected chi connectivity index (χ3v) is 4.36. The summed E-state index contributed by atoms with van der Waals surface area (Å²) < 4.78 is 21.9. The molecule has 0 aliphatic heterocycles. The molecule has 0 aliphatic rings. The summed E-state index contributed by atoms with van der Waals surface area (Å²) in [6.07, 6.45) is 1.96. The first kappa shape index (κ1) is 19.6. The number of hydrogen-bond donors (Lipinski definition) is 2. The number of unbranched alkanes of at least 4 members (excludes halogenated alkanes) is 1. The van der Waals surface area contributed by atoms with Gasteiger partial charge < -0.3 is 19.9 Å². The van der Waals surface area contributed by atoms with Crippen molar-refractivity contribution in [3.63, 3.8) is 0 Å². The first-order chi connectivity index (χ1) is 9.06. The Morgan fingerprint density at radius 1 is 1.30 bits per heavy atom. The lowest BCUT2D eigenvalue weighted by atomic mass is 10.2. The third-order valence-electron chi connectivity index (χ3n) is 2.64. The van der Waals surface area contributed by atoms with Crippen molar-refractivity contribution < 1.29 is 18.7 Å². The molecule has 116 valence electrons. The van der Waals surface area contributed by atoms with E-state index >= 15 is 0 Å². The fraction of sp³-hybridized carbons (Fsp3) is 0.538. The van der Waals surface area contributed by atoms with Gasteiger partial charge in [0.15, 0.2) is 0 Å². The predicted octanol–water partition coefficient (Wildman–Crippen LogP) is 3.32. The van der Waals surface area contributed by atoms with E-state index in [2.05, 4.69) is 0 Å². The Morgan fingerprint density at radius 2 is 1.95 bits per heavy atom.